The largest absolute Gasteiger partial charge is 0.491 e. The second kappa shape index (κ2) is 6.78. The molecule has 106 valence electrons. The predicted molar refractivity (Wildman–Crippen MR) is 79.9 cm³/mol. The van der Waals surface area contributed by atoms with E-state index in [9.17, 15) is 0 Å². The Bertz CT molecular complexity index is 369. The molecule has 0 aromatic heterocycles. The van der Waals surface area contributed by atoms with Crippen LogP contribution in [0.2, 0.25) is 0 Å². The second-order valence-corrected chi connectivity index (χ2v) is 5.28. The van der Waals surface area contributed by atoms with Crippen molar-refractivity contribution in [2.24, 2.45) is 5.73 Å². The lowest BCUT2D eigenvalue weighted by Gasteiger charge is -2.36. The van der Waals surface area contributed by atoms with Crippen molar-refractivity contribution in [2.75, 3.05) is 44.2 Å². The van der Waals surface area contributed by atoms with Crippen LogP contribution in [0.3, 0.4) is 0 Å². The average Bonchev–Trinajstić information content (AvgIpc) is 2.40. The van der Waals surface area contributed by atoms with Gasteiger partial charge in [0.05, 0.1) is 6.10 Å². The van der Waals surface area contributed by atoms with Gasteiger partial charge >= 0.3 is 0 Å². The summed E-state index contributed by atoms with van der Waals surface area (Å²) in [5.74, 6) is 0.945. The molecule has 0 spiro atoms. The molecule has 0 atom stereocenters. The smallest absolute Gasteiger partial charge is 0.119 e. The Morgan fingerprint density at radius 2 is 1.74 bits per heavy atom. The molecule has 19 heavy (non-hydrogen) atoms. The molecular weight excluding hydrogens is 238 g/mol. The van der Waals surface area contributed by atoms with Crippen molar-refractivity contribution >= 4 is 5.69 Å². The highest BCUT2D eigenvalue weighted by Crippen LogP contribution is 2.21. The van der Waals surface area contributed by atoms with Gasteiger partial charge in [-0.05, 0) is 38.1 Å². The molecule has 2 rings (SSSR count). The zero-order chi connectivity index (χ0) is 13.7. The summed E-state index contributed by atoms with van der Waals surface area (Å²) in [6.07, 6.45) is 0.227. The standard InChI is InChI=1S/C15H25N3O/c1-13(2)19-15-5-3-14(4-6-15)18-11-9-17(8-7-16)10-12-18/h3-6,13H,7-12,16H2,1-2H3. The van der Waals surface area contributed by atoms with E-state index < -0.39 is 0 Å². The Balaban J connectivity index is 1.89. The molecule has 1 aromatic carbocycles. The Morgan fingerprint density at radius 3 is 2.26 bits per heavy atom. The van der Waals surface area contributed by atoms with E-state index in [1.54, 1.807) is 0 Å². The molecule has 4 nitrogen and oxygen atoms in total. The first kappa shape index (κ1) is 14.2. The van der Waals surface area contributed by atoms with Crippen LogP contribution < -0.4 is 15.4 Å². The lowest BCUT2D eigenvalue weighted by molar-refractivity contribution is 0.242. The summed E-state index contributed by atoms with van der Waals surface area (Å²) in [6, 6.07) is 8.41. The normalized spacial score (nSPS) is 16.9. The van der Waals surface area contributed by atoms with Crippen LogP contribution in [0.1, 0.15) is 13.8 Å². The van der Waals surface area contributed by atoms with Crippen LogP contribution >= 0.6 is 0 Å². The third-order valence-corrected chi connectivity index (χ3v) is 3.39. The molecule has 1 saturated heterocycles. The van der Waals surface area contributed by atoms with E-state index in [1.165, 1.54) is 5.69 Å². The summed E-state index contributed by atoms with van der Waals surface area (Å²) in [5, 5.41) is 0. The molecule has 0 unspecified atom stereocenters. The van der Waals surface area contributed by atoms with E-state index in [2.05, 4.69) is 34.1 Å². The van der Waals surface area contributed by atoms with Gasteiger partial charge in [0.15, 0.2) is 0 Å². The predicted octanol–water partition coefficient (Wildman–Crippen LogP) is 1.55. The SMILES string of the molecule is CC(C)Oc1ccc(N2CCN(CCN)CC2)cc1. The highest BCUT2D eigenvalue weighted by atomic mass is 16.5. The number of hydrogen-bond acceptors (Lipinski definition) is 4. The summed E-state index contributed by atoms with van der Waals surface area (Å²) < 4.78 is 5.66. The molecule has 1 heterocycles. The number of anilines is 1. The summed E-state index contributed by atoms with van der Waals surface area (Å²) in [5.41, 5.74) is 6.87. The maximum atomic E-state index is 5.66. The number of piperazine rings is 1. The fraction of sp³-hybridized carbons (Fsp3) is 0.600. The fourth-order valence-electron chi connectivity index (χ4n) is 2.42. The van der Waals surface area contributed by atoms with Crippen molar-refractivity contribution in [3.8, 4) is 5.75 Å². The molecule has 1 fully saturated rings. The lowest BCUT2D eigenvalue weighted by Crippen LogP contribution is -2.47. The Kier molecular flexibility index (Phi) is 5.05. The minimum atomic E-state index is 0.227. The van der Waals surface area contributed by atoms with Crippen molar-refractivity contribution < 1.29 is 4.74 Å². The van der Waals surface area contributed by atoms with Gasteiger partial charge in [-0.15, -0.1) is 0 Å². The monoisotopic (exact) mass is 263 g/mol. The van der Waals surface area contributed by atoms with Crippen LogP contribution in [0.4, 0.5) is 5.69 Å². The van der Waals surface area contributed by atoms with E-state index in [4.69, 9.17) is 10.5 Å². The molecule has 1 aromatic rings. The number of nitrogens with two attached hydrogens (primary N) is 1. The minimum Gasteiger partial charge on any atom is -0.491 e. The molecule has 4 heteroatoms. The summed E-state index contributed by atoms with van der Waals surface area (Å²) in [6.45, 7) is 10.2. The maximum Gasteiger partial charge on any atom is 0.119 e. The molecule has 0 saturated carbocycles. The van der Waals surface area contributed by atoms with Crippen LogP contribution in [0.25, 0.3) is 0 Å². The number of ether oxygens (including phenoxy) is 1. The van der Waals surface area contributed by atoms with Crippen molar-refractivity contribution in [1.82, 2.24) is 4.90 Å². The zero-order valence-corrected chi connectivity index (χ0v) is 12.0. The Morgan fingerprint density at radius 1 is 1.11 bits per heavy atom. The molecule has 0 bridgehead atoms. The molecule has 1 aliphatic heterocycles. The van der Waals surface area contributed by atoms with Crippen LogP contribution in [0, 0.1) is 0 Å². The first-order chi connectivity index (χ1) is 9.19. The van der Waals surface area contributed by atoms with Crippen LogP contribution in [-0.4, -0.2) is 50.3 Å². The van der Waals surface area contributed by atoms with Crippen molar-refractivity contribution in [3.05, 3.63) is 24.3 Å². The average molecular weight is 263 g/mol. The number of rotatable bonds is 5. The maximum absolute atomic E-state index is 5.66. The summed E-state index contributed by atoms with van der Waals surface area (Å²) in [4.78, 5) is 4.85. The molecule has 0 aliphatic carbocycles. The Hall–Kier alpha value is -1.26. The van der Waals surface area contributed by atoms with Crippen molar-refractivity contribution in [2.45, 2.75) is 20.0 Å². The number of hydrogen-bond donors (Lipinski definition) is 1. The molecular formula is C15H25N3O. The van der Waals surface area contributed by atoms with Gasteiger partial charge in [0.1, 0.15) is 5.75 Å². The van der Waals surface area contributed by atoms with Gasteiger partial charge in [-0.1, -0.05) is 0 Å². The topological polar surface area (TPSA) is 41.7 Å². The van der Waals surface area contributed by atoms with Gasteiger partial charge in [0, 0.05) is 45.0 Å². The van der Waals surface area contributed by atoms with Gasteiger partial charge in [0.2, 0.25) is 0 Å². The summed E-state index contributed by atoms with van der Waals surface area (Å²) >= 11 is 0. The highest BCUT2D eigenvalue weighted by molar-refractivity contribution is 5.49. The molecule has 1 aliphatic rings. The third-order valence-electron chi connectivity index (χ3n) is 3.39. The fourth-order valence-corrected chi connectivity index (χ4v) is 2.42. The number of benzene rings is 1. The van der Waals surface area contributed by atoms with Gasteiger partial charge < -0.3 is 15.4 Å². The second-order valence-electron chi connectivity index (χ2n) is 5.28. The summed E-state index contributed by atoms with van der Waals surface area (Å²) in [7, 11) is 0. The van der Waals surface area contributed by atoms with Gasteiger partial charge in [-0.25, -0.2) is 0 Å². The van der Waals surface area contributed by atoms with E-state index in [0.29, 0.717) is 0 Å². The molecule has 0 radical (unpaired) electrons. The number of nitrogens with zero attached hydrogens (tertiary/aromatic N) is 2. The van der Waals surface area contributed by atoms with E-state index >= 15 is 0 Å². The third kappa shape index (κ3) is 4.11. The van der Waals surface area contributed by atoms with Crippen molar-refractivity contribution in [3.63, 3.8) is 0 Å². The van der Waals surface area contributed by atoms with Crippen LogP contribution in [0.5, 0.6) is 5.75 Å². The van der Waals surface area contributed by atoms with E-state index in [1.807, 2.05) is 13.8 Å². The van der Waals surface area contributed by atoms with Gasteiger partial charge in [0.25, 0.3) is 0 Å². The highest BCUT2D eigenvalue weighted by Gasteiger charge is 2.16. The van der Waals surface area contributed by atoms with Gasteiger partial charge in [-0.2, -0.15) is 0 Å². The minimum absolute atomic E-state index is 0.227. The quantitative estimate of drug-likeness (QED) is 0.875. The first-order valence-electron chi connectivity index (χ1n) is 7.13. The van der Waals surface area contributed by atoms with Crippen molar-refractivity contribution in [1.29, 1.82) is 0 Å². The zero-order valence-electron chi connectivity index (χ0n) is 12.0. The molecule has 0 amide bonds. The van der Waals surface area contributed by atoms with Gasteiger partial charge in [-0.3, -0.25) is 4.90 Å². The lowest BCUT2D eigenvalue weighted by atomic mass is 10.2. The first-order valence-corrected chi connectivity index (χ1v) is 7.13. The molecule has 2 N–H and O–H groups in total. The Labute approximate surface area is 116 Å². The van der Waals surface area contributed by atoms with E-state index in [-0.39, 0.29) is 6.10 Å². The van der Waals surface area contributed by atoms with Crippen LogP contribution in [0.15, 0.2) is 24.3 Å². The van der Waals surface area contributed by atoms with Crippen LogP contribution in [-0.2, 0) is 0 Å². The van der Waals surface area contributed by atoms with E-state index in [0.717, 1.165) is 45.0 Å².